The number of carbonyl (C=O) groups is 2. The van der Waals surface area contributed by atoms with Crippen molar-refractivity contribution in [1.82, 2.24) is 25.4 Å². The lowest BCUT2D eigenvalue weighted by Crippen LogP contribution is -2.37. The predicted octanol–water partition coefficient (Wildman–Crippen LogP) is 4.23. The molecule has 0 atom stereocenters. The maximum absolute atomic E-state index is 11.9. The molecule has 8 heteroatoms. The van der Waals surface area contributed by atoms with Crippen molar-refractivity contribution in [2.75, 3.05) is 12.8 Å². The van der Waals surface area contributed by atoms with E-state index in [2.05, 4.69) is 82.6 Å². The quantitative estimate of drug-likeness (QED) is 0.525. The molecule has 2 aromatic carbocycles. The third kappa shape index (κ3) is 6.20. The molecule has 3 amide bonds. The molecule has 168 valence electrons. The SMILES string of the molecule is CNC(=O)NC(=O)CCSc1nnc(-c2ccc(C(C)(C)C)cc2)n1Cc1ccccc1. The summed E-state index contributed by atoms with van der Waals surface area (Å²) in [6.45, 7) is 7.19. The van der Waals surface area contributed by atoms with Crippen molar-refractivity contribution >= 4 is 23.7 Å². The number of nitrogens with one attached hydrogen (secondary N) is 2. The van der Waals surface area contributed by atoms with E-state index in [4.69, 9.17) is 0 Å². The molecular formula is C24H29N5O2S. The minimum absolute atomic E-state index is 0.0759. The molecule has 7 nitrogen and oxygen atoms in total. The van der Waals surface area contributed by atoms with Crippen molar-refractivity contribution in [3.8, 4) is 11.4 Å². The average molecular weight is 452 g/mol. The number of aromatic nitrogens is 3. The Kier molecular flexibility index (Phi) is 7.69. The van der Waals surface area contributed by atoms with Gasteiger partial charge in [-0.1, -0.05) is 87.1 Å². The van der Waals surface area contributed by atoms with Crippen LogP contribution in [-0.2, 0) is 16.8 Å². The van der Waals surface area contributed by atoms with Crippen LogP contribution in [0.2, 0.25) is 0 Å². The summed E-state index contributed by atoms with van der Waals surface area (Å²) >= 11 is 1.45. The predicted molar refractivity (Wildman–Crippen MR) is 128 cm³/mol. The molecule has 3 rings (SSSR count). The zero-order valence-electron chi connectivity index (χ0n) is 18.9. The number of benzene rings is 2. The van der Waals surface area contributed by atoms with E-state index in [0.717, 1.165) is 22.1 Å². The van der Waals surface area contributed by atoms with E-state index in [-0.39, 0.29) is 17.7 Å². The molecule has 0 fully saturated rings. The van der Waals surface area contributed by atoms with Gasteiger partial charge in [0.2, 0.25) is 5.91 Å². The van der Waals surface area contributed by atoms with E-state index in [1.54, 1.807) is 0 Å². The number of thioether (sulfide) groups is 1. The van der Waals surface area contributed by atoms with E-state index in [1.807, 2.05) is 18.2 Å². The van der Waals surface area contributed by atoms with Crippen LogP contribution in [0.3, 0.4) is 0 Å². The third-order valence-electron chi connectivity index (χ3n) is 4.95. The fourth-order valence-electron chi connectivity index (χ4n) is 3.12. The average Bonchev–Trinajstić information content (AvgIpc) is 3.16. The highest BCUT2D eigenvalue weighted by molar-refractivity contribution is 7.99. The Morgan fingerprint density at radius 2 is 1.69 bits per heavy atom. The summed E-state index contributed by atoms with van der Waals surface area (Å²) in [5.74, 6) is 0.939. The van der Waals surface area contributed by atoms with Crippen molar-refractivity contribution in [3.05, 3.63) is 65.7 Å². The van der Waals surface area contributed by atoms with Crippen molar-refractivity contribution < 1.29 is 9.59 Å². The Balaban J connectivity index is 1.82. The minimum Gasteiger partial charge on any atom is -0.341 e. The molecule has 0 radical (unpaired) electrons. The van der Waals surface area contributed by atoms with Gasteiger partial charge in [-0.2, -0.15) is 0 Å². The summed E-state index contributed by atoms with van der Waals surface area (Å²) in [5.41, 5.74) is 3.46. The molecule has 1 heterocycles. The zero-order valence-corrected chi connectivity index (χ0v) is 19.7. The highest BCUT2D eigenvalue weighted by Crippen LogP contribution is 2.28. The summed E-state index contributed by atoms with van der Waals surface area (Å²) in [6, 6.07) is 18.1. The molecule has 3 aromatic rings. The zero-order chi connectivity index (χ0) is 23.1. The van der Waals surface area contributed by atoms with Crippen LogP contribution in [0.4, 0.5) is 4.79 Å². The van der Waals surface area contributed by atoms with Crippen molar-refractivity contribution in [2.24, 2.45) is 0 Å². The molecule has 0 unspecified atom stereocenters. The first-order valence-corrected chi connectivity index (χ1v) is 11.5. The highest BCUT2D eigenvalue weighted by atomic mass is 32.2. The molecule has 32 heavy (non-hydrogen) atoms. The van der Waals surface area contributed by atoms with Crippen molar-refractivity contribution in [2.45, 2.75) is 44.3 Å². The third-order valence-corrected chi connectivity index (χ3v) is 5.92. The molecule has 0 saturated carbocycles. The number of rotatable bonds is 7. The van der Waals surface area contributed by atoms with Crippen LogP contribution in [-0.4, -0.2) is 39.5 Å². The summed E-state index contributed by atoms with van der Waals surface area (Å²) < 4.78 is 2.07. The number of nitrogens with zero attached hydrogens (tertiary/aromatic N) is 3. The molecule has 0 saturated heterocycles. The number of hydrogen-bond donors (Lipinski definition) is 2. The lowest BCUT2D eigenvalue weighted by Gasteiger charge is -2.19. The lowest BCUT2D eigenvalue weighted by atomic mass is 9.87. The van der Waals surface area contributed by atoms with Gasteiger partial charge in [-0.15, -0.1) is 10.2 Å². The van der Waals surface area contributed by atoms with Gasteiger partial charge in [0.15, 0.2) is 11.0 Å². The van der Waals surface area contributed by atoms with Crippen LogP contribution in [0.15, 0.2) is 59.8 Å². The fraction of sp³-hybridized carbons (Fsp3) is 0.333. The normalized spacial score (nSPS) is 11.2. The number of hydrogen-bond acceptors (Lipinski definition) is 5. The van der Waals surface area contributed by atoms with Crippen LogP contribution < -0.4 is 10.6 Å². The van der Waals surface area contributed by atoms with Crippen LogP contribution in [0.1, 0.15) is 38.3 Å². The Bertz CT molecular complexity index is 1060. The summed E-state index contributed by atoms with van der Waals surface area (Å²) in [5, 5.41) is 14.2. The monoisotopic (exact) mass is 451 g/mol. The van der Waals surface area contributed by atoms with Crippen LogP contribution in [0.5, 0.6) is 0 Å². The first kappa shape index (κ1) is 23.5. The molecule has 0 spiro atoms. The minimum atomic E-state index is -0.506. The molecular weight excluding hydrogens is 422 g/mol. The largest absolute Gasteiger partial charge is 0.341 e. The van der Waals surface area contributed by atoms with Gasteiger partial charge in [0, 0.05) is 24.8 Å². The fourth-order valence-corrected chi connectivity index (χ4v) is 4.00. The van der Waals surface area contributed by atoms with E-state index < -0.39 is 6.03 Å². The maximum Gasteiger partial charge on any atom is 0.321 e. The second-order valence-electron chi connectivity index (χ2n) is 8.43. The number of urea groups is 1. The van der Waals surface area contributed by atoms with Gasteiger partial charge in [-0.05, 0) is 16.5 Å². The van der Waals surface area contributed by atoms with Gasteiger partial charge in [0.25, 0.3) is 0 Å². The van der Waals surface area contributed by atoms with E-state index in [1.165, 1.54) is 24.4 Å². The molecule has 0 aliphatic rings. The molecule has 0 aliphatic heterocycles. The van der Waals surface area contributed by atoms with Crippen molar-refractivity contribution in [1.29, 1.82) is 0 Å². The Morgan fingerprint density at radius 1 is 1.00 bits per heavy atom. The maximum atomic E-state index is 11.9. The van der Waals surface area contributed by atoms with Crippen LogP contribution in [0, 0.1) is 0 Å². The van der Waals surface area contributed by atoms with E-state index in [9.17, 15) is 9.59 Å². The highest BCUT2D eigenvalue weighted by Gasteiger charge is 2.18. The molecule has 0 bridgehead atoms. The second kappa shape index (κ2) is 10.5. The van der Waals surface area contributed by atoms with Crippen LogP contribution in [0.25, 0.3) is 11.4 Å². The summed E-state index contributed by atoms with van der Waals surface area (Å²) in [6.07, 6.45) is 0.200. The number of carbonyl (C=O) groups excluding carboxylic acids is 2. The van der Waals surface area contributed by atoms with Gasteiger partial charge in [-0.25, -0.2) is 4.79 Å². The number of amides is 3. The smallest absolute Gasteiger partial charge is 0.321 e. The lowest BCUT2D eigenvalue weighted by molar-refractivity contribution is -0.119. The molecule has 2 N–H and O–H groups in total. The first-order chi connectivity index (χ1) is 15.3. The van der Waals surface area contributed by atoms with Gasteiger partial charge < -0.3 is 5.32 Å². The van der Waals surface area contributed by atoms with Gasteiger partial charge in [-0.3, -0.25) is 14.7 Å². The van der Waals surface area contributed by atoms with Gasteiger partial charge in [0.05, 0.1) is 6.54 Å². The number of imide groups is 1. The Morgan fingerprint density at radius 3 is 2.31 bits per heavy atom. The topological polar surface area (TPSA) is 88.9 Å². The Labute approximate surface area is 193 Å². The first-order valence-electron chi connectivity index (χ1n) is 10.5. The standard InChI is InChI=1S/C24H29N5O2S/c1-24(2,3)19-12-10-18(11-13-19)21-27-28-23(29(21)16-17-8-6-5-7-9-17)32-15-14-20(30)26-22(31)25-4/h5-13H,14-16H2,1-4H3,(H2,25,26,30,31). The van der Waals surface area contributed by atoms with Gasteiger partial charge >= 0.3 is 6.03 Å². The van der Waals surface area contributed by atoms with Crippen LogP contribution >= 0.6 is 11.8 Å². The van der Waals surface area contributed by atoms with E-state index in [0.29, 0.717) is 12.3 Å². The molecule has 0 aliphatic carbocycles. The Hall–Kier alpha value is -3.13. The summed E-state index contributed by atoms with van der Waals surface area (Å²) in [7, 11) is 1.47. The van der Waals surface area contributed by atoms with E-state index >= 15 is 0 Å². The summed E-state index contributed by atoms with van der Waals surface area (Å²) in [4.78, 5) is 23.2. The second-order valence-corrected chi connectivity index (χ2v) is 9.49. The molecule has 1 aromatic heterocycles. The van der Waals surface area contributed by atoms with Crippen molar-refractivity contribution in [3.63, 3.8) is 0 Å². The van der Waals surface area contributed by atoms with Gasteiger partial charge in [0.1, 0.15) is 0 Å².